The number of rotatable bonds is 8. The molecule has 1 N–H and O–H groups in total. The zero-order valence-electron chi connectivity index (χ0n) is 17.9. The zero-order valence-corrected chi connectivity index (χ0v) is 17.9. The maximum absolute atomic E-state index is 12.8. The van der Waals surface area contributed by atoms with Gasteiger partial charge >= 0.3 is 5.97 Å². The molecule has 33 heavy (non-hydrogen) atoms. The van der Waals surface area contributed by atoms with Crippen LogP contribution in [-0.4, -0.2) is 44.0 Å². The monoisotopic (exact) mass is 445 g/mol. The van der Waals surface area contributed by atoms with Crippen molar-refractivity contribution in [2.75, 3.05) is 26.4 Å². The maximum Gasteiger partial charge on any atom is 0.339 e. The van der Waals surface area contributed by atoms with E-state index in [1.165, 1.54) is 6.07 Å². The fourth-order valence-corrected chi connectivity index (χ4v) is 3.45. The van der Waals surface area contributed by atoms with Crippen LogP contribution in [0.4, 0.5) is 0 Å². The van der Waals surface area contributed by atoms with E-state index in [-0.39, 0.29) is 16.9 Å². The minimum absolute atomic E-state index is 0.121. The topological polar surface area (TPSA) is 90.9 Å². The van der Waals surface area contributed by atoms with Gasteiger partial charge in [-0.1, -0.05) is 54.6 Å². The second-order valence-electron chi connectivity index (χ2n) is 7.39. The number of ketones is 1. The van der Waals surface area contributed by atoms with Crippen molar-refractivity contribution in [3.05, 3.63) is 95.1 Å². The van der Waals surface area contributed by atoms with Gasteiger partial charge in [0.25, 0.3) is 5.91 Å². The van der Waals surface area contributed by atoms with Crippen LogP contribution in [0, 0.1) is 0 Å². The molecule has 0 saturated heterocycles. The van der Waals surface area contributed by atoms with Gasteiger partial charge in [0.1, 0.15) is 13.2 Å². The van der Waals surface area contributed by atoms with Gasteiger partial charge in [0, 0.05) is 17.7 Å². The number of hydrogen-bond donors (Lipinski definition) is 1. The van der Waals surface area contributed by atoms with Crippen LogP contribution in [0.2, 0.25) is 0 Å². The second kappa shape index (κ2) is 10.5. The van der Waals surface area contributed by atoms with Gasteiger partial charge in [-0.3, -0.25) is 9.59 Å². The molecule has 0 spiro atoms. The van der Waals surface area contributed by atoms with Gasteiger partial charge in [-0.2, -0.15) is 0 Å². The van der Waals surface area contributed by atoms with E-state index in [1.807, 2.05) is 24.3 Å². The Bertz CT molecular complexity index is 1160. The normalized spacial score (nSPS) is 12.0. The summed E-state index contributed by atoms with van der Waals surface area (Å²) in [6, 6.07) is 20.7. The average Bonchev–Trinajstić information content (AvgIpc) is 2.87. The van der Waals surface area contributed by atoms with Crippen LogP contribution in [0.1, 0.15) is 31.8 Å². The van der Waals surface area contributed by atoms with Gasteiger partial charge < -0.3 is 19.5 Å². The molecule has 168 valence electrons. The number of amides is 1. The van der Waals surface area contributed by atoms with E-state index < -0.39 is 18.5 Å². The van der Waals surface area contributed by atoms with E-state index in [1.54, 1.807) is 42.5 Å². The Labute approximate surface area is 191 Å². The molecule has 0 unspecified atom stereocenters. The third kappa shape index (κ3) is 5.57. The first-order valence-corrected chi connectivity index (χ1v) is 10.6. The molecule has 0 saturated carbocycles. The summed E-state index contributed by atoms with van der Waals surface area (Å²) in [6.07, 6.45) is 0.588. The van der Waals surface area contributed by atoms with Crippen LogP contribution in [0.3, 0.4) is 0 Å². The second-order valence-corrected chi connectivity index (χ2v) is 7.39. The highest BCUT2D eigenvalue weighted by atomic mass is 16.6. The quantitative estimate of drug-likeness (QED) is 0.423. The number of carbonyl (C=O) groups is 3. The molecule has 1 amide bonds. The highest BCUT2D eigenvalue weighted by molar-refractivity contribution is 6.14. The molecule has 0 bridgehead atoms. The third-order valence-electron chi connectivity index (χ3n) is 5.10. The van der Waals surface area contributed by atoms with Crippen molar-refractivity contribution in [2.24, 2.45) is 0 Å². The smallest absolute Gasteiger partial charge is 0.339 e. The number of esters is 1. The summed E-state index contributed by atoms with van der Waals surface area (Å²) in [6.45, 7) is 0.984. The third-order valence-corrected chi connectivity index (χ3v) is 5.10. The van der Waals surface area contributed by atoms with E-state index >= 15 is 0 Å². The predicted molar refractivity (Wildman–Crippen MR) is 121 cm³/mol. The lowest BCUT2D eigenvalue weighted by Crippen LogP contribution is -2.30. The fraction of sp³-hybridized carbons (Fsp3) is 0.192. The lowest BCUT2D eigenvalue weighted by molar-refractivity contribution is -0.124. The summed E-state index contributed by atoms with van der Waals surface area (Å²) in [5.74, 6) is -0.0219. The van der Waals surface area contributed by atoms with Crippen molar-refractivity contribution in [1.82, 2.24) is 5.32 Å². The first-order chi connectivity index (χ1) is 16.1. The van der Waals surface area contributed by atoms with Crippen LogP contribution < -0.4 is 14.8 Å². The molecular formula is C26H23NO6. The summed E-state index contributed by atoms with van der Waals surface area (Å²) < 4.78 is 16.2. The number of ether oxygens (including phenoxy) is 3. The minimum Gasteiger partial charge on any atom is -0.486 e. The molecular weight excluding hydrogens is 422 g/mol. The largest absolute Gasteiger partial charge is 0.486 e. The molecule has 7 heteroatoms. The Kier molecular flexibility index (Phi) is 6.99. The highest BCUT2D eigenvalue weighted by Crippen LogP contribution is 2.30. The molecule has 0 fully saturated rings. The van der Waals surface area contributed by atoms with Crippen LogP contribution in [0.15, 0.2) is 72.8 Å². The number of hydrogen-bond acceptors (Lipinski definition) is 6. The van der Waals surface area contributed by atoms with E-state index in [0.717, 1.165) is 5.56 Å². The van der Waals surface area contributed by atoms with Crippen molar-refractivity contribution < 1.29 is 28.6 Å². The molecule has 1 aliphatic rings. The number of nitrogens with one attached hydrogen (secondary N) is 1. The molecule has 1 heterocycles. The van der Waals surface area contributed by atoms with Crippen molar-refractivity contribution in [3.63, 3.8) is 0 Å². The van der Waals surface area contributed by atoms with Crippen LogP contribution in [0.25, 0.3) is 0 Å². The van der Waals surface area contributed by atoms with Crippen LogP contribution in [-0.2, 0) is 16.0 Å². The molecule has 3 aromatic rings. The Morgan fingerprint density at radius 2 is 1.52 bits per heavy atom. The van der Waals surface area contributed by atoms with Crippen molar-refractivity contribution in [2.45, 2.75) is 6.42 Å². The summed E-state index contributed by atoms with van der Waals surface area (Å²) in [7, 11) is 0. The van der Waals surface area contributed by atoms with E-state index in [9.17, 15) is 14.4 Å². The van der Waals surface area contributed by atoms with Gasteiger partial charge in [-0.05, 0) is 30.2 Å². The number of fused-ring (bicyclic) bond motifs is 1. The zero-order chi connectivity index (χ0) is 23.0. The fourth-order valence-electron chi connectivity index (χ4n) is 3.45. The van der Waals surface area contributed by atoms with Crippen molar-refractivity contribution in [3.8, 4) is 11.5 Å². The minimum atomic E-state index is -0.725. The highest BCUT2D eigenvalue weighted by Gasteiger charge is 2.19. The standard InChI is InChI=1S/C26H23NO6/c28-24(27-13-12-18-10-11-22-23(16-18)32-15-14-31-22)17-33-26(30)21-9-5-4-8-20(21)25(29)19-6-2-1-3-7-19/h1-11,16H,12-15,17H2,(H,27,28). The molecule has 0 aliphatic carbocycles. The van der Waals surface area contributed by atoms with Crippen molar-refractivity contribution >= 4 is 17.7 Å². The summed E-state index contributed by atoms with van der Waals surface area (Å²) in [5, 5.41) is 2.73. The van der Waals surface area contributed by atoms with Gasteiger partial charge in [0.15, 0.2) is 23.9 Å². The number of carbonyl (C=O) groups excluding carboxylic acids is 3. The van der Waals surface area contributed by atoms with E-state index in [2.05, 4.69) is 5.32 Å². The first kappa shape index (κ1) is 22.1. The Morgan fingerprint density at radius 3 is 2.30 bits per heavy atom. The van der Waals surface area contributed by atoms with Crippen LogP contribution >= 0.6 is 0 Å². The summed E-state index contributed by atoms with van der Waals surface area (Å²) in [5.41, 5.74) is 1.81. The first-order valence-electron chi connectivity index (χ1n) is 10.6. The van der Waals surface area contributed by atoms with Gasteiger partial charge in [0.05, 0.1) is 5.56 Å². The molecule has 0 radical (unpaired) electrons. The lowest BCUT2D eigenvalue weighted by Gasteiger charge is -2.18. The Morgan fingerprint density at radius 1 is 0.818 bits per heavy atom. The summed E-state index contributed by atoms with van der Waals surface area (Å²) in [4.78, 5) is 37.5. The molecule has 0 aromatic heterocycles. The van der Waals surface area contributed by atoms with Crippen LogP contribution in [0.5, 0.6) is 11.5 Å². The average molecular weight is 445 g/mol. The van der Waals surface area contributed by atoms with Gasteiger partial charge in [-0.25, -0.2) is 4.79 Å². The van der Waals surface area contributed by atoms with E-state index in [4.69, 9.17) is 14.2 Å². The molecule has 3 aromatic carbocycles. The predicted octanol–water partition coefficient (Wildman–Crippen LogP) is 3.20. The Hall–Kier alpha value is -4.13. The van der Waals surface area contributed by atoms with Gasteiger partial charge in [-0.15, -0.1) is 0 Å². The number of benzene rings is 3. The SMILES string of the molecule is O=C(COC(=O)c1ccccc1C(=O)c1ccccc1)NCCc1ccc2c(c1)OCCO2. The molecule has 7 nitrogen and oxygen atoms in total. The van der Waals surface area contributed by atoms with Crippen molar-refractivity contribution in [1.29, 1.82) is 0 Å². The molecule has 1 aliphatic heterocycles. The lowest BCUT2D eigenvalue weighted by atomic mass is 9.98. The molecule has 4 rings (SSSR count). The maximum atomic E-state index is 12.8. The van der Waals surface area contributed by atoms with Gasteiger partial charge in [0.2, 0.25) is 0 Å². The Balaban J connectivity index is 1.28. The molecule has 0 atom stereocenters. The van der Waals surface area contributed by atoms with E-state index in [0.29, 0.717) is 43.2 Å². The summed E-state index contributed by atoms with van der Waals surface area (Å²) >= 11 is 0.